The van der Waals surface area contributed by atoms with E-state index in [0.29, 0.717) is 0 Å². The van der Waals surface area contributed by atoms with E-state index >= 15 is 0 Å². The van der Waals surface area contributed by atoms with Gasteiger partial charge in [-0.15, -0.1) is 0 Å². The van der Waals surface area contributed by atoms with Crippen molar-refractivity contribution in [1.82, 2.24) is 9.80 Å². The largest absolute Gasteiger partial charge is 0.463 e. The van der Waals surface area contributed by atoms with E-state index in [1.165, 1.54) is 12.1 Å². The van der Waals surface area contributed by atoms with Gasteiger partial charge in [-0.3, -0.25) is 33.8 Å². The molecule has 1 unspecified atom stereocenters. The molecule has 4 N–H and O–H groups in total. The van der Waals surface area contributed by atoms with Crippen molar-refractivity contribution in [1.29, 1.82) is 0 Å². The molecule has 0 spiro atoms. The van der Waals surface area contributed by atoms with Crippen molar-refractivity contribution in [3.63, 3.8) is 0 Å². The van der Waals surface area contributed by atoms with Crippen LogP contribution in [-0.4, -0.2) is 65.1 Å². The fourth-order valence-electron chi connectivity index (χ4n) is 3.22. The quantitative estimate of drug-likeness (QED) is 0.373. The number of esters is 1. The summed E-state index contributed by atoms with van der Waals surface area (Å²) in [6.07, 6.45) is 0.00621. The maximum atomic E-state index is 12.8. The second-order valence-electron chi connectivity index (χ2n) is 6.11. The van der Waals surface area contributed by atoms with Gasteiger partial charge in [-0.05, 0) is 18.6 Å². The summed E-state index contributed by atoms with van der Waals surface area (Å²) < 4.78 is 4.79. The summed E-state index contributed by atoms with van der Waals surface area (Å²) in [4.78, 5) is 63.0. The Bertz CT molecular complexity index is 852. The monoisotopic (exact) mass is 374 g/mol. The average molecular weight is 374 g/mol. The van der Waals surface area contributed by atoms with Gasteiger partial charge in [0.25, 0.3) is 17.7 Å². The summed E-state index contributed by atoms with van der Waals surface area (Å²) in [6.45, 7) is -0.707. The Labute approximate surface area is 154 Å². The first-order valence-electron chi connectivity index (χ1n) is 8.33. The highest BCUT2D eigenvalue weighted by Gasteiger charge is 2.47. The molecule has 1 aromatic rings. The molecule has 0 saturated carbocycles. The van der Waals surface area contributed by atoms with Crippen molar-refractivity contribution >= 4 is 35.3 Å². The normalized spacial score (nSPS) is 19.5. The van der Waals surface area contributed by atoms with Gasteiger partial charge in [0, 0.05) is 12.1 Å². The minimum Gasteiger partial charge on any atom is -0.463 e. The number of benzene rings is 1. The number of imide groups is 2. The van der Waals surface area contributed by atoms with Crippen LogP contribution in [0.4, 0.5) is 5.69 Å². The number of nitrogen functional groups attached to an aromatic ring is 1. The minimum atomic E-state index is -1.11. The summed E-state index contributed by atoms with van der Waals surface area (Å²) in [5.74, 6) is -3.10. The number of ether oxygens (including phenoxy) is 1. The fraction of sp³-hybridized carbons (Fsp3) is 0.353. The second-order valence-corrected chi connectivity index (χ2v) is 6.11. The van der Waals surface area contributed by atoms with Gasteiger partial charge in [0.05, 0.1) is 24.2 Å². The molecule has 3 rings (SSSR count). The van der Waals surface area contributed by atoms with Crippen molar-refractivity contribution in [3.05, 3.63) is 29.3 Å². The van der Waals surface area contributed by atoms with E-state index in [4.69, 9.17) is 16.2 Å². The highest BCUT2D eigenvalue weighted by atomic mass is 16.5. The van der Waals surface area contributed by atoms with Crippen LogP contribution in [0.15, 0.2) is 18.2 Å². The first-order chi connectivity index (χ1) is 12.9. The topological polar surface area (TPSA) is 153 Å². The van der Waals surface area contributed by atoms with Crippen molar-refractivity contribution in [2.45, 2.75) is 18.9 Å². The molecule has 1 fully saturated rings. The van der Waals surface area contributed by atoms with Crippen molar-refractivity contribution < 1.29 is 28.7 Å². The number of rotatable bonds is 5. The van der Waals surface area contributed by atoms with Gasteiger partial charge in [0.2, 0.25) is 5.91 Å². The van der Waals surface area contributed by atoms with Crippen LogP contribution >= 0.6 is 0 Å². The van der Waals surface area contributed by atoms with Crippen molar-refractivity contribution in [2.24, 2.45) is 5.73 Å². The molecular weight excluding hydrogens is 356 g/mol. The van der Waals surface area contributed by atoms with Gasteiger partial charge >= 0.3 is 5.97 Å². The smallest absolute Gasteiger partial charge is 0.319 e. The lowest BCUT2D eigenvalue weighted by Gasteiger charge is -2.34. The first-order valence-corrected chi connectivity index (χ1v) is 8.33. The third-order valence-corrected chi connectivity index (χ3v) is 4.52. The van der Waals surface area contributed by atoms with E-state index in [2.05, 4.69) is 0 Å². The molecule has 10 nitrogen and oxygen atoms in total. The van der Waals surface area contributed by atoms with Crippen molar-refractivity contribution in [2.75, 3.05) is 25.4 Å². The van der Waals surface area contributed by atoms with Gasteiger partial charge in [-0.1, -0.05) is 6.07 Å². The summed E-state index contributed by atoms with van der Waals surface area (Å²) >= 11 is 0. The Balaban J connectivity index is 1.79. The van der Waals surface area contributed by atoms with Crippen LogP contribution in [0.5, 0.6) is 0 Å². The molecule has 4 amide bonds. The molecular formula is C17H18N4O6. The molecule has 10 heteroatoms. The molecule has 2 heterocycles. The van der Waals surface area contributed by atoms with Gasteiger partial charge in [0.1, 0.15) is 12.6 Å². The number of nitrogens with zero attached hydrogens (tertiary/aromatic N) is 2. The Morgan fingerprint density at radius 3 is 2.59 bits per heavy atom. The standard InChI is InChI=1S/C17H18N4O6/c18-8-13(23)27-7-6-20-12(22)5-4-11(16(20)25)21-15(24)9-2-1-3-10(19)14(9)17(21)26/h1-3,11H,4-8,18-19H2. The molecule has 1 atom stereocenters. The van der Waals surface area contributed by atoms with Crippen LogP contribution in [0.25, 0.3) is 0 Å². The molecule has 0 aromatic heterocycles. The number of piperidine rings is 1. The number of hydrogen-bond donors (Lipinski definition) is 2. The van der Waals surface area contributed by atoms with E-state index in [1.807, 2.05) is 0 Å². The average Bonchev–Trinajstić information content (AvgIpc) is 2.90. The molecule has 0 radical (unpaired) electrons. The number of carbonyl (C=O) groups excluding carboxylic acids is 5. The number of nitrogens with two attached hydrogens (primary N) is 2. The zero-order valence-electron chi connectivity index (χ0n) is 14.3. The third-order valence-electron chi connectivity index (χ3n) is 4.52. The van der Waals surface area contributed by atoms with Gasteiger partial charge in [0.15, 0.2) is 0 Å². The van der Waals surface area contributed by atoms with Crippen LogP contribution in [-0.2, 0) is 19.1 Å². The Morgan fingerprint density at radius 2 is 1.93 bits per heavy atom. The summed E-state index contributed by atoms with van der Waals surface area (Å²) in [5.41, 5.74) is 11.3. The van der Waals surface area contributed by atoms with E-state index in [0.717, 1.165) is 9.80 Å². The molecule has 1 aromatic carbocycles. The second kappa shape index (κ2) is 7.16. The molecule has 27 heavy (non-hydrogen) atoms. The van der Waals surface area contributed by atoms with Crippen LogP contribution in [0.1, 0.15) is 33.6 Å². The number of fused-ring (bicyclic) bond motifs is 1. The van der Waals surface area contributed by atoms with Gasteiger partial charge in [-0.25, -0.2) is 0 Å². The fourth-order valence-corrected chi connectivity index (χ4v) is 3.22. The zero-order chi connectivity index (χ0) is 19.7. The van der Waals surface area contributed by atoms with Crippen LogP contribution in [0.2, 0.25) is 0 Å². The maximum absolute atomic E-state index is 12.8. The van der Waals surface area contributed by atoms with E-state index in [-0.39, 0.29) is 49.4 Å². The van der Waals surface area contributed by atoms with Gasteiger partial charge < -0.3 is 16.2 Å². The highest BCUT2D eigenvalue weighted by Crippen LogP contribution is 2.31. The number of likely N-dealkylation sites (tertiary alicyclic amines) is 1. The van der Waals surface area contributed by atoms with Crippen molar-refractivity contribution in [3.8, 4) is 0 Å². The number of hydrogen-bond acceptors (Lipinski definition) is 8. The number of anilines is 1. The Morgan fingerprint density at radius 1 is 1.19 bits per heavy atom. The number of amides is 4. The summed E-state index contributed by atoms with van der Waals surface area (Å²) in [5, 5.41) is 0. The lowest BCUT2D eigenvalue weighted by Crippen LogP contribution is -2.56. The predicted molar refractivity (Wildman–Crippen MR) is 91.1 cm³/mol. The molecule has 2 aliphatic heterocycles. The lowest BCUT2D eigenvalue weighted by atomic mass is 10.0. The zero-order valence-corrected chi connectivity index (χ0v) is 14.3. The maximum Gasteiger partial charge on any atom is 0.319 e. The molecule has 0 bridgehead atoms. The Kier molecular flexibility index (Phi) is 4.91. The molecule has 142 valence electrons. The van der Waals surface area contributed by atoms with Gasteiger partial charge in [-0.2, -0.15) is 0 Å². The summed E-state index contributed by atoms with van der Waals surface area (Å²) in [7, 11) is 0. The predicted octanol–water partition coefficient (Wildman–Crippen LogP) is -1.12. The van der Waals surface area contributed by atoms with Crippen LogP contribution in [0.3, 0.4) is 0 Å². The molecule has 1 saturated heterocycles. The van der Waals surface area contributed by atoms with E-state index < -0.39 is 35.6 Å². The van der Waals surface area contributed by atoms with Crippen LogP contribution in [0, 0.1) is 0 Å². The van der Waals surface area contributed by atoms with E-state index in [1.54, 1.807) is 6.07 Å². The Hall–Kier alpha value is -3.27. The molecule has 0 aliphatic carbocycles. The summed E-state index contributed by atoms with van der Waals surface area (Å²) in [6, 6.07) is 3.40. The SMILES string of the molecule is NCC(=O)OCCN1C(=O)CCC(N2C(=O)c3cccc(N)c3C2=O)C1=O. The minimum absolute atomic E-state index is 0.0237. The molecule has 2 aliphatic rings. The lowest BCUT2D eigenvalue weighted by molar-refractivity contribution is -0.155. The highest BCUT2D eigenvalue weighted by molar-refractivity contribution is 6.25. The number of carbonyl (C=O) groups is 5. The first kappa shape index (κ1) is 18.5. The van der Waals surface area contributed by atoms with Crippen LogP contribution < -0.4 is 11.5 Å². The third kappa shape index (κ3) is 3.14. The van der Waals surface area contributed by atoms with E-state index in [9.17, 15) is 24.0 Å².